The van der Waals surface area contributed by atoms with Gasteiger partial charge in [-0.2, -0.15) is 0 Å². The van der Waals surface area contributed by atoms with Gasteiger partial charge >= 0.3 is 21.2 Å². The molecule has 0 unspecified atom stereocenters. The van der Waals surface area contributed by atoms with E-state index in [1.165, 1.54) is 21.7 Å². The maximum atomic E-state index is 11.4. The van der Waals surface area contributed by atoms with Crippen molar-refractivity contribution in [2.24, 2.45) is 0 Å². The third-order valence-electron chi connectivity index (χ3n) is 1.48. The van der Waals surface area contributed by atoms with Crippen molar-refractivity contribution < 1.29 is 14.5 Å². The van der Waals surface area contributed by atoms with Crippen LogP contribution >= 0.6 is 48.0 Å². The number of hydrogen-bond donors (Lipinski definition) is 2. The number of nitrogens with zero attached hydrogens (tertiary/aromatic N) is 1. The summed E-state index contributed by atoms with van der Waals surface area (Å²) in [7, 11) is 0. The lowest BCUT2D eigenvalue weighted by atomic mass is 10.6. The smallest absolute Gasteiger partial charge is 0.380 e. The molecule has 0 atom stereocenters. The van der Waals surface area contributed by atoms with Crippen molar-refractivity contribution >= 4 is 67.6 Å². The average molecular weight is 263 g/mol. The van der Waals surface area contributed by atoms with Gasteiger partial charge in [-0.05, 0) is 11.8 Å². The number of carbonyl (C=O) groups is 1. The third-order valence-corrected chi connectivity index (χ3v) is 3.86. The standard InChI is InChI=1S/C6H2N2O2S4/c9-2-1-13-6(12)8(2)4-3(10)7-5(11)14-4/h1H,(H-,7,9,10,11)/p+1/b8-4+. The normalized spacial score (nSPS) is 26.9. The van der Waals surface area contributed by atoms with Crippen molar-refractivity contribution in [2.75, 3.05) is 0 Å². The highest BCUT2D eigenvalue weighted by molar-refractivity contribution is 8.35. The molecule has 8 heteroatoms. The number of nitrogens with one attached hydrogen (secondary N) is 1. The first-order valence-electron chi connectivity index (χ1n) is 3.39. The summed E-state index contributed by atoms with van der Waals surface area (Å²) in [6, 6.07) is 0. The van der Waals surface area contributed by atoms with E-state index in [-0.39, 0.29) is 11.8 Å². The van der Waals surface area contributed by atoms with E-state index < -0.39 is 0 Å². The highest BCUT2D eigenvalue weighted by Gasteiger charge is 2.40. The Morgan fingerprint density at radius 1 is 1.50 bits per heavy atom. The van der Waals surface area contributed by atoms with Crippen LogP contribution in [0, 0.1) is 0 Å². The molecule has 0 aromatic rings. The largest absolute Gasteiger partial charge is 0.459 e. The zero-order valence-corrected chi connectivity index (χ0v) is 9.78. The molecule has 4 nitrogen and oxygen atoms in total. The molecule has 1 amide bonds. The molecule has 2 rings (SSSR count). The lowest BCUT2D eigenvalue weighted by molar-refractivity contribution is -0.372. The van der Waals surface area contributed by atoms with Crippen molar-refractivity contribution in [2.45, 2.75) is 0 Å². The highest BCUT2D eigenvalue weighted by atomic mass is 32.2. The Kier molecular flexibility index (Phi) is 2.60. The van der Waals surface area contributed by atoms with Gasteiger partial charge in [0.2, 0.25) is 0 Å². The summed E-state index contributed by atoms with van der Waals surface area (Å²) in [6.07, 6.45) is 0. The van der Waals surface area contributed by atoms with Crippen LogP contribution < -0.4 is 5.32 Å². The van der Waals surface area contributed by atoms with Gasteiger partial charge in [-0.25, -0.2) is 0 Å². The first kappa shape index (κ1) is 10.1. The lowest BCUT2D eigenvalue weighted by Crippen LogP contribution is -2.28. The second-order valence-electron chi connectivity index (χ2n) is 2.34. The van der Waals surface area contributed by atoms with Crippen molar-refractivity contribution in [3.63, 3.8) is 0 Å². The second-order valence-corrected chi connectivity index (χ2v) is 5.51. The second kappa shape index (κ2) is 3.61. The van der Waals surface area contributed by atoms with Crippen LogP contribution in [0.5, 0.6) is 0 Å². The molecule has 0 radical (unpaired) electrons. The number of hydrogen-bond acceptors (Lipinski definition) is 6. The van der Waals surface area contributed by atoms with Crippen molar-refractivity contribution in [3.8, 4) is 0 Å². The van der Waals surface area contributed by atoms with Crippen LogP contribution in [0.1, 0.15) is 0 Å². The van der Waals surface area contributed by atoms with Crippen LogP contribution in [0.3, 0.4) is 0 Å². The van der Waals surface area contributed by atoms with E-state index >= 15 is 0 Å². The summed E-state index contributed by atoms with van der Waals surface area (Å²) >= 11 is 12.1. The third kappa shape index (κ3) is 1.58. The van der Waals surface area contributed by atoms with Gasteiger partial charge in [-0.3, -0.25) is 4.79 Å². The number of thioether (sulfide) groups is 2. The van der Waals surface area contributed by atoms with E-state index in [4.69, 9.17) is 24.4 Å². The van der Waals surface area contributed by atoms with Crippen LogP contribution in [0.15, 0.2) is 11.3 Å². The van der Waals surface area contributed by atoms with Gasteiger partial charge in [0.15, 0.2) is 4.32 Å². The zero-order chi connectivity index (χ0) is 10.3. The molecule has 0 aliphatic carbocycles. The minimum Gasteiger partial charge on any atom is -0.459 e. The first-order chi connectivity index (χ1) is 6.59. The maximum Gasteiger partial charge on any atom is 0.380 e. The Morgan fingerprint density at radius 3 is 2.64 bits per heavy atom. The molecule has 0 spiro atoms. The van der Waals surface area contributed by atoms with Gasteiger partial charge in [-0.1, -0.05) is 16.8 Å². The topological polar surface area (TPSA) is 52.3 Å². The van der Waals surface area contributed by atoms with Crippen LogP contribution in [-0.2, 0) is 4.79 Å². The Bertz CT molecular complexity index is 426. The van der Waals surface area contributed by atoms with Gasteiger partial charge in [-0.15, -0.1) is 0 Å². The monoisotopic (exact) mass is 263 g/mol. The Labute approximate surface area is 98.4 Å². The predicted octanol–water partition coefficient (Wildman–Crippen LogP) is 0.934. The molecule has 2 N–H and O–H groups in total. The highest BCUT2D eigenvalue weighted by Crippen LogP contribution is 2.25. The van der Waals surface area contributed by atoms with Crippen molar-refractivity contribution in [1.82, 2.24) is 5.32 Å². The van der Waals surface area contributed by atoms with Crippen molar-refractivity contribution in [3.05, 3.63) is 11.3 Å². The molecule has 0 saturated carbocycles. The van der Waals surface area contributed by atoms with E-state index in [0.717, 1.165) is 11.8 Å². The van der Waals surface area contributed by atoms with Crippen LogP contribution in [0.25, 0.3) is 0 Å². The fraction of sp³-hybridized carbons (Fsp3) is 0. The molecular weight excluding hydrogens is 260 g/mol. The molecule has 14 heavy (non-hydrogen) atoms. The van der Waals surface area contributed by atoms with E-state index in [9.17, 15) is 9.90 Å². The fourth-order valence-corrected chi connectivity index (χ4v) is 3.06. The van der Waals surface area contributed by atoms with E-state index in [2.05, 4.69) is 5.32 Å². The number of thiocarbonyl (C=S) groups is 2. The van der Waals surface area contributed by atoms with Gasteiger partial charge < -0.3 is 10.4 Å². The van der Waals surface area contributed by atoms with Crippen LogP contribution in [-0.4, -0.2) is 29.3 Å². The van der Waals surface area contributed by atoms with Gasteiger partial charge in [0.1, 0.15) is 0 Å². The van der Waals surface area contributed by atoms with Gasteiger partial charge in [0, 0.05) is 24.0 Å². The first-order valence-corrected chi connectivity index (χ1v) is 5.91. The van der Waals surface area contributed by atoms with Crippen LogP contribution in [0.4, 0.5) is 0 Å². The number of carbonyl (C=O) groups excluding carboxylic acids is 1. The predicted molar refractivity (Wildman–Crippen MR) is 64.5 cm³/mol. The van der Waals surface area contributed by atoms with Gasteiger partial charge in [0.05, 0.1) is 5.41 Å². The minimum absolute atomic E-state index is 0.0395. The summed E-state index contributed by atoms with van der Waals surface area (Å²) in [5.41, 5.74) is 0. The lowest BCUT2D eigenvalue weighted by Gasteiger charge is -1.92. The summed E-state index contributed by atoms with van der Waals surface area (Å²) in [5.74, 6) is -0.368. The van der Waals surface area contributed by atoms with Crippen LogP contribution in [0.2, 0.25) is 0 Å². The Morgan fingerprint density at radius 2 is 2.21 bits per heavy atom. The summed E-state index contributed by atoms with van der Waals surface area (Å²) in [6.45, 7) is 0. The molecule has 0 bridgehead atoms. The van der Waals surface area contributed by atoms with Crippen molar-refractivity contribution in [1.29, 1.82) is 0 Å². The van der Waals surface area contributed by atoms with E-state index in [1.54, 1.807) is 0 Å². The quantitative estimate of drug-likeness (QED) is 0.501. The average Bonchev–Trinajstić information content (AvgIpc) is 2.57. The molecule has 2 aliphatic rings. The van der Waals surface area contributed by atoms with E-state index in [0.29, 0.717) is 13.7 Å². The number of aliphatic hydroxyl groups excluding tert-OH is 1. The Balaban J connectivity index is 2.50. The Hall–Kier alpha value is -0.440. The SMILES string of the molecule is O=C1NC(=S)S/C1=[N+]1/C(=S)SC=C1O. The van der Waals surface area contributed by atoms with Gasteiger partial charge in [0.25, 0.3) is 0 Å². The minimum atomic E-state index is -0.329. The number of amides is 1. The van der Waals surface area contributed by atoms with E-state index in [1.807, 2.05) is 0 Å². The molecule has 1 saturated heterocycles. The maximum absolute atomic E-state index is 11.4. The molecule has 2 aliphatic heterocycles. The number of aliphatic hydroxyl groups is 1. The molecule has 72 valence electrons. The number of rotatable bonds is 0. The summed E-state index contributed by atoms with van der Waals surface area (Å²) in [4.78, 5) is 11.4. The molecule has 0 aromatic carbocycles. The zero-order valence-electron chi connectivity index (χ0n) is 6.51. The molecular formula is C6H3N2O2S4+. The fourth-order valence-electron chi connectivity index (χ4n) is 0.942. The summed E-state index contributed by atoms with van der Waals surface area (Å²) < 4.78 is 2.10. The molecule has 0 aromatic heterocycles. The molecule has 2 heterocycles. The summed E-state index contributed by atoms with van der Waals surface area (Å²) in [5, 5.41) is 13.7. The molecule has 1 fully saturated rings.